The lowest BCUT2D eigenvalue weighted by molar-refractivity contribution is -0.114. The molecule has 0 bridgehead atoms. The van der Waals surface area contributed by atoms with E-state index in [-0.39, 0.29) is 23.8 Å². The van der Waals surface area contributed by atoms with Crippen molar-refractivity contribution in [3.05, 3.63) is 60.2 Å². The molecule has 2 rings (SSSR count). The van der Waals surface area contributed by atoms with Gasteiger partial charge in [-0.25, -0.2) is 8.42 Å². The van der Waals surface area contributed by atoms with Gasteiger partial charge in [0.15, 0.2) is 0 Å². The first kappa shape index (κ1) is 25.1. The summed E-state index contributed by atoms with van der Waals surface area (Å²) < 4.78 is 32.0. The molecule has 0 heterocycles. The van der Waals surface area contributed by atoms with Gasteiger partial charge < -0.3 is 9.64 Å². The summed E-state index contributed by atoms with van der Waals surface area (Å²) in [5.74, 6) is 0.434. The van der Waals surface area contributed by atoms with E-state index in [4.69, 9.17) is 10.00 Å². The molecule has 0 N–H and O–H groups in total. The lowest BCUT2D eigenvalue weighted by Crippen LogP contribution is -2.30. The van der Waals surface area contributed by atoms with Crippen molar-refractivity contribution >= 4 is 27.7 Å². The highest BCUT2D eigenvalue weighted by Crippen LogP contribution is 2.21. The first-order chi connectivity index (χ1) is 15.4. The molecule has 8 heteroatoms. The summed E-state index contributed by atoms with van der Waals surface area (Å²) in [5, 5.41) is 8.95. The van der Waals surface area contributed by atoms with Gasteiger partial charge >= 0.3 is 0 Å². The number of ether oxygens (including phenoxy) is 1. The van der Waals surface area contributed by atoms with Crippen LogP contribution in [0.4, 0.5) is 5.69 Å². The lowest BCUT2D eigenvalue weighted by Gasteiger charge is -2.20. The minimum absolute atomic E-state index is 0.199. The molecule has 1 amide bonds. The number of nitriles is 1. The summed E-state index contributed by atoms with van der Waals surface area (Å²) in [6.07, 6.45) is 3.25. The van der Waals surface area contributed by atoms with Crippen LogP contribution in [0.5, 0.6) is 5.75 Å². The number of hydrogen-bond donors (Lipinski definition) is 0. The standard InChI is InChI=1S/C24H29N3O4S/c1-4-26(5-2)32(29,30)23-15-8-20(9-16-23)10-17-24(28)27(19-7-18-25)21-11-13-22(14-12-21)31-6-3/h8-17H,4-7,19H2,1-3H3/b17-10+. The number of carbonyl (C=O) groups is 1. The molecule has 0 radical (unpaired) electrons. The van der Waals surface area contributed by atoms with E-state index >= 15 is 0 Å². The summed E-state index contributed by atoms with van der Waals surface area (Å²) in [4.78, 5) is 14.6. The van der Waals surface area contributed by atoms with Crippen LogP contribution in [0.2, 0.25) is 0 Å². The number of carbonyl (C=O) groups excluding carboxylic acids is 1. The predicted octanol–water partition coefficient (Wildman–Crippen LogP) is 4.08. The average molecular weight is 456 g/mol. The Bertz CT molecular complexity index is 1050. The van der Waals surface area contributed by atoms with E-state index in [9.17, 15) is 13.2 Å². The highest BCUT2D eigenvalue weighted by atomic mass is 32.2. The highest BCUT2D eigenvalue weighted by Gasteiger charge is 2.21. The number of nitrogens with zero attached hydrogens (tertiary/aromatic N) is 3. The van der Waals surface area contributed by atoms with Crippen molar-refractivity contribution in [3.8, 4) is 11.8 Å². The van der Waals surface area contributed by atoms with Gasteiger partial charge in [0.25, 0.3) is 5.91 Å². The third-order valence-electron chi connectivity index (χ3n) is 4.81. The minimum atomic E-state index is -3.52. The van der Waals surface area contributed by atoms with Gasteiger partial charge in [0, 0.05) is 31.4 Å². The average Bonchev–Trinajstić information content (AvgIpc) is 2.80. The molecular weight excluding hydrogens is 426 g/mol. The third kappa shape index (κ3) is 6.42. The number of benzene rings is 2. The molecule has 0 aliphatic carbocycles. The van der Waals surface area contributed by atoms with E-state index in [1.54, 1.807) is 56.3 Å². The normalized spacial score (nSPS) is 11.5. The Balaban J connectivity index is 2.18. The zero-order valence-corrected chi connectivity index (χ0v) is 19.5. The molecule has 0 saturated carbocycles. The fraction of sp³-hybridized carbons (Fsp3) is 0.333. The molecule has 32 heavy (non-hydrogen) atoms. The van der Waals surface area contributed by atoms with Crippen LogP contribution in [0.1, 0.15) is 32.8 Å². The van der Waals surface area contributed by atoms with Gasteiger partial charge in [0.05, 0.1) is 24.0 Å². The van der Waals surface area contributed by atoms with Crippen molar-refractivity contribution < 1.29 is 17.9 Å². The van der Waals surface area contributed by atoms with Crippen molar-refractivity contribution in [3.63, 3.8) is 0 Å². The topological polar surface area (TPSA) is 90.7 Å². The molecule has 0 aliphatic rings. The molecule has 0 unspecified atom stereocenters. The van der Waals surface area contributed by atoms with E-state index in [2.05, 4.69) is 6.07 Å². The molecule has 2 aromatic rings. The van der Waals surface area contributed by atoms with Crippen LogP contribution in [0, 0.1) is 11.3 Å². The smallest absolute Gasteiger partial charge is 0.251 e. The number of hydrogen-bond acceptors (Lipinski definition) is 5. The lowest BCUT2D eigenvalue weighted by atomic mass is 10.2. The minimum Gasteiger partial charge on any atom is -0.494 e. The predicted molar refractivity (Wildman–Crippen MR) is 126 cm³/mol. The quantitative estimate of drug-likeness (QED) is 0.476. The Hall–Kier alpha value is -3.15. The van der Waals surface area contributed by atoms with Crippen molar-refractivity contribution in [1.82, 2.24) is 4.31 Å². The Morgan fingerprint density at radius 1 is 1.03 bits per heavy atom. The van der Waals surface area contributed by atoms with Crippen LogP contribution in [-0.4, -0.2) is 44.9 Å². The van der Waals surface area contributed by atoms with Crippen LogP contribution in [0.15, 0.2) is 59.5 Å². The van der Waals surface area contributed by atoms with Crippen molar-refractivity contribution in [2.75, 3.05) is 31.1 Å². The summed E-state index contributed by atoms with van der Waals surface area (Å²) in [5.41, 5.74) is 1.36. The fourth-order valence-corrected chi connectivity index (χ4v) is 4.60. The molecule has 0 fully saturated rings. The molecule has 0 spiro atoms. The number of anilines is 1. The molecule has 0 atom stereocenters. The van der Waals surface area contributed by atoms with Crippen molar-refractivity contribution in [2.24, 2.45) is 0 Å². The first-order valence-electron chi connectivity index (χ1n) is 10.6. The molecule has 170 valence electrons. The summed E-state index contributed by atoms with van der Waals surface area (Å²) in [7, 11) is -3.52. The van der Waals surface area contributed by atoms with Gasteiger partial charge in [0.1, 0.15) is 5.75 Å². The van der Waals surface area contributed by atoms with Crippen LogP contribution in [0.25, 0.3) is 6.08 Å². The third-order valence-corrected chi connectivity index (χ3v) is 6.88. The van der Waals surface area contributed by atoms with Gasteiger partial charge in [-0.1, -0.05) is 26.0 Å². The summed E-state index contributed by atoms with van der Waals surface area (Å²) in [6, 6.07) is 15.6. The molecule has 0 aromatic heterocycles. The van der Waals surface area contributed by atoms with Crippen LogP contribution in [0.3, 0.4) is 0 Å². The van der Waals surface area contributed by atoms with Gasteiger partial charge in [0.2, 0.25) is 10.0 Å². The van der Waals surface area contributed by atoms with E-state index < -0.39 is 10.0 Å². The van der Waals surface area contributed by atoms with Crippen LogP contribution >= 0.6 is 0 Å². The second-order valence-electron chi connectivity index (χ2n) is 6.82. The molecule has 7 nitrogen and oxygen atoms in total. The monoisotopic (exact) mass is 455 g/mol. The summed E-state index contributed by atoms with van der Waals surface area (Å²) >= 11 is 0. The Morgan fingerprint density at radius 3 is 2.19 bits per heavy atom. The van der Waals surface area contributed by atoms with Crippen molar-refractivity contribution in [2.45, 2.75) is 32.1 Å². The maximum Gasteiger partial charge on any atom is 0.251 e. The SMILES string of the molecule is CCOc1ccc(N(CCC#N)C(=O)/C=C/c2ccc(S(=O)(=O)N(CC)CC)cc2)cc1. The van der Waals surface area contributed by atoms with E-state index in [1.807, 2.05) is 6.92 Å². The fourth-order valence-electron chi connectivity index (χ4n) is 3.14. The van der Waals surface area contributed by atoms with E-state index in [1.165, 1.54) is 27.4 Å². The Kier molecular flexibility index (Phi) is 9.44. The van der Waals surface area contributed by atoms with Crippen LogP contribution < -0.4 is 9.64 Å². The molecule has 2 aromatic carbocycles. The highest BCUT2D eigenvalue weighted by molar-refractivity contribution is 7.89. The second kappa shape index (κ2) is 12.0. The molecular formula is C24H29N3O4S. The zero-order chi connectivity index (χ0) is 23.6. The van der Waals surface area contributed by atoms with Gasteiger partial charge in [-0.15, -0.1) is 0 Å². The number of sulfonamides is 1. The maximum atomic E-state index is 12.8. The largest absolute Gasteiger partial charge is 0.494 e. The van der Waals surface area contributed by atoms with Crippen molar-refractivity contribution in [1.29, 1.82) is 5.26 Å². The Labute approximate surface area is 190 Å². The number of rotatable bonds is 11. The van der Waals surface area contributed by atoms with Gasteiger partial charge in [-0.05, 0) is 55.0 Å². The second-order valence-corrected chi connectivity index (χ2v) is 8.75. The van der Waals surface area contributed by atoms with E-state index in [0.717, 1.165) is 0 Å². The molecule has 0 saturated heterocycles. The van der Waals surface area contributed by atoms with Crippen LogP contribution in [-0.2, 0) is 14.8 Å². The first-order valence-corrected chi connectivity index (χ1v) is 12.0. The number of amides is 1. The maximum absolute atomic E-state index is 12.8. The van der Waals surface area contributed by atoms with E-state index in [0.29, 0.717) is 36.7 Å². The van der Waals surface area contributed by atoms with Gasteiger partial charge in [-0.3, -0.25) is 4.79 Å². The summed E-state index contributed by atoms with van der Waals surface area (Å²) in [6.45, 7) is 7.10. The Morgan fingerprint density at radius 2 is 1.66 bits per heavy atom. The van der Waals surface area contributed by atoms with Gasteiger partial charge in [-0.2, -0.15) is 9.57 Å². The zero-order valence-electron chi connectivity index (χ0n) is 18.7. The molecule has 0 aliphatic heterocycles.